The number of nitrogens with two attached hydrogens (primary N) is 3. The van der Waals surface area contributed by atoms with E-state index in [1.54, 1.807) is 0 Å². The molecule has 160 valence electrons. The predicted octanol–water partition coefficient (Wildman–Crippen LogP) is -4.06. The lowest BCUT2D eigenvalue weighted by Gasteiger charge is -2.21. The Kier molecular flexibility index (Phi) is 11.2. The van der Waals surface area contributed by atoms with E-state index in [2.05, 4.69) is 20.9 Å². The van der Waals surface area contributed by atoms with Crippen LogP contribution in [0.15, 0.2) is 4.99 Å². The van der Waals surface area contributed by atoms with Crippen molar-refractivity contribution in [2.45, 2.75) is 50.9 Å². The maximum absolute atomic E-state index is 12.1. The molecule has 0 saturated carbocycles. The van der Waals surface area contributed by atoms with Crippen LogP contribution in [0.1, 0.15) is 26.7 Å². The number of aliphatic hydroxyl groups is 1. The van der Waals surface area contributed by atoms with Crippen molar-refractivity contribution in [3.63, 3.8) is 0 Å². The van der Waals surface area contributed by atoms with Crippen LogP contribution < -0.4 is 33.2 Å². The molecule has 28 heavy (non-hydrogen) atoms. The van der Waals surface area contributed by atoms with E-state index in [-0.39, 0.29) is 18.9 Å². The van der Waals surface area contributed by atoms with Crippen molar-refractivity contribution in [3.05, 3.63) is 0 Å². The molecular formula is C15H29N7O6. The third-order valence-corrected chi connectivity index (χ3v) is 3.60. The molecule has 0 aliphatic heterocycles. The molecular weight excluding hydrogens is 374 g/mol. The van der Waals surface area contributed by atoms with Crippen LogP contribution in [-0.2, 0) is 19.2 Å². The second-order valence-corrected chi connectivity index (χ2v) is 6.10. The summed E-state index contributed by atoms with van der Waals surface area (Å²) in [5.74, 6) is -3.48. The van der Waals surface area contributed by atoms with Crippen molar-refractivity contribution in [3.8, 4) is 0 Å². The Balaban J connectivity index is 4.60. The molecule has 0 heterocycles. The number of hydrogen-bond donors (Lipinski definition) is 8. The molecule has 13 heteroatoms. The molecule has 4 unspecified atom stereocenters. The first kappa shape index (κ1) is 25.1. The summed E-state index contributed by atoms with van der Waals surface area (Å²) in [5.41, 5.74) is 15.7. The van der Waals surface area contributed by atoms with Crippen molar-refractivity contribution in [2.75, 3.05) is 13.2 Å². The number of carboxylic acid groups (broad SMARTS) is 1. The summed E-state index contributed by atoms with van der Waals surface area (Å²) in [5, 5.41) is 24.9. The van der Waals surface area contributed by atoms with Crippen LogP contribution in [0.5, 0.6) is 0 Å². The van der Waals surface area contributed by atoms with Crippen LogP contribution in [0.25, 0.3) is 0 Å². The minimum Gasteiger partial charge on any atom is -0.480 e. The number of guanidine groups is 1. The summed E-state index contributed by atoms with van der Waals surface area (Å²) < 4.78 is 0. The van der Waals surface area contributed by atoms with Gasteiger partial charge < -0.3 is 43.4 Å². The van der Waals surface area contributed by atoms with E-state index in [1.165, 1.54) is 13.8 Å². The molecule has 3 amide bonds. The highest BCUT2D eigenvalue weighted by atomic mass is 16.4. The number of aliphatic imine (C=N–C) groups is 1. The average molecular weight is 403 g/mol. The monoisotopic (exact) mass is 403 g/mol. The Morgan fingerprint density at radius 1 is 0.964 bits per heavy atom. The first-order chi connectivity index (χ1) is 13.0. The van der Waals surface area contributed by atoms with Gasteiger partial charge in [-0.1, -0.05) is 0 Å². The number of hydrogen-bond acceptors (Lipinski definition) is 7. The largest absolute Gasteiger partial charge is 0.480 e. The van der Waals surface area contributed by atoms with Gasteiger partial charge in [0.1, 0.15) is 24.2 Å². The number of rotatable bonds is 12. The second kappa shape index (κ2) is 12.5. The minimum atomic E-state index is -1.24. The number of carbonyl (C=O) groups is 4. The van der Waals surface area contributed by atoms with Crippen molar-refractivity contribution in [1.29, 1.82) is 0 Å². The number of carbonyl (C=O) groups excluding carboxylic acids is 3. The Bertz CT molecular complexity index is 593. The van der Waals surface area contributed by atoms with E-state index in [0.29, 0.717) is 6.42 Å². The molecule has 0 fully saturated rings. The van der Waals surface area contributed by atoms with Crippen LogP contribution in [0.4, 0.5) is 0 Å². The fraction of sp³-hybridized carbons (Fsp3) is 0.667. The van der Waals surface area contributed by atoms with Gasteiger partial charge in [-0.25, -0.2) is 4.79 Å². The molecule has 0 radical (unpaired) electrons. The number of carboxylic acids is 1. The first-order valence-electron chi connectivity index (χ1n) is 8.55. The van der Waals surface area contributed by atoms with Crippen molar-refractivity contribution in [2.24, 2.45) is 22.2 Å². The van der Waals surface area contributed by atoms with Gasteiger partial charge in [0.05, 0.1) is 6.61 Å². The summed E-state index contributed by atoms with van der Waals surface area (Å²) in [6, 6.07) is -4.43. The van der Waals surface area contributed by atoms with Gasteiger partial charge in [0.25, 0.3) is 0 Å². The Labute approximate surface area is 162 Å². The topological polar surface area (TPSA) is 235 Å². The Morgan fingerprint density at radius 3 is 1.93 bits per heavy atom. The summed E-state index contributed by atoms with van der Waals surface area (Å²) in [6.07, 6.45) is 0.411. The van der Waals surface area contributed by atoms with Crippen LogP contribution in [-0.4, -0.2) is 77.2 Å². The molecule has 0 bridgehead atoms. The van der Waals surface area contributed by atoms with E-state index in [1.807, 2.05) is 0 Å². The summed E-state index contributed by atoms with van der Waals surface area (Å²) >= 11 is 0. The third-order valence-electron chi connectivity index (χ3n) is 3.60. The molecule has 4 atom stereocenters. The molecule has 0 aliphatic rings. The third kappa shape index (κ3) is 9.68. The number of amides is 3. The maximum Gasteiger partial charge on any atom is 0.326 e. The van der Waals surface area contributed by atoms with Gasteiger partial charge in [0.15, 0.2) is 5.96 Å². The first-order valence-corrected chi connectivity index (χ1v) is 8.55. The molecule has 0 spiro atoms. The van der Waals surface area contributed by atoms with Crippen LogP contribution in [0, 0.1) is 0 Å². The molecule has 11 N–H and O–H groups in total. The summed E-state index contributed by atoms with van der Waals surface area (Å²) in [4.78, 5) is 50.7. The number of nitrogens with one attached hydrogen (secondary N) is 3. The van der Waals surface area contributed by atoms with Crippen molar-refractivity contribution < 1.29 is 29.4 Å². The Morgan fingerprint density at radius 2 is 1.46 bits per heavy atom. The number of aliphatic carboxylic acids is 1. The zero-order valence-electron chi connectivity index (χ0n) is 15.8. The predicted molar refractivity (Wildman–Crippen MR) is 99.7 cm³/mol. The average Bonchev–Trinajstić information content (AvgIpc) is 2.62. The standard InChI is InChI=1S/C15H29N7O6/c1-7(21-13(26)9(16)6-23)11(24)20-8(2)12(25)22-10(14(27)28)4-3-5-19-15(17)18/h7-10,23H,3-6,16H2,1-2H3,(H,20,24)(H,21,26)(H,22,25)(H,27,28)(H4,17,18,19). The zero-order chi connectivity index (χ0) is 21.9. The maximum atomic E-state index is 12.1. The van der Waals surface area contributed by atoms with Gasteiger partial charge in [-0.15, -0.1) is 0 Å². The smallest absolute Gasteiger partial charge is 0.326 e. The molecule has 0 aromatic heterocycles. The quantitative estimate of drug-likeness (QED) is 0.0897. The molecule has 0 aliphatic carbocycles. The molecule has 13 nitrogen and oxygen atoms in total. The highest BCUT2D eigenvalue weighted by molar-refractivity contribution is 5.93. The lowest BCUT2D eigenvalue weighted by atomic mass is 10.1. The number of nitrogens with zero attached hydrogens (tertiary/aromatic N) is 1. The SMILES string of the molecule is CC(NC(=O)C(N)CO)C(=O)NC(C)C(=O)NC(CCCN=C(N)N)C(=O)O. The lowest BCUT2D eigenvalue weighted by Crippen LogP contribution is -2.55. The van der Waals surface area contributed by atoms with Crippen LogP contribution in [0.2, 0.25) is 0 Å². The number of aliphatic hydroxyl groups excluding tert-OH is 1. The van der Waals surface area contributed by atoms with Gasteiger partial charge in [-0.2, -0.15) is 0 Å². The van der Waals surface area contributed by atoms with E-state index >= 15 is 0 Å². The van der Waals surface area contributed by atoms with E-state index < -0.39 is 54.5 Å². The minimum absolute atomic E-state index is 0.0873. The molecule has 0 saturated heterocycles. The van der Waals surface area contributed by atoms with Crippen molar-refractivity contribution in [1.82, 2.24) is 16.0 Å². The molecule has 0 aromatic carbocycles. The normalized spacial score (nSPS) is 14.7. The second-order valence-electron chi connectivity index (χ2n) is 6.10. The van der Waals surface area contributed by atoms with Gasteiger partial charge in [0.2, 0.25) is 17.7 Å². The highest BCUT2D eigenvalue weighted by Crippen LogP contribution is 2.00. The van der Waals surface area contributed by atoms with Crippen LogP contribution in [0.3, 0.4) is 0 Å². The van der Waals surface area contributed by atoms with E-state index in [4.69, 9.17) is 22.3 Å². The fourth-order valence-electron chi connectivity index (χ4n) is 1.93. The van der Waals surface area contributed by atoms with E-state index in [9.17, 15) is 24.3 Å². The highest BCUT2D eigenvalue weighted by Gasteiger charge is 2.26. The van der Waals surface area contributed by atoms with Crippen LogP contribution >= 0.6 is 0 Å². The van der Waals surface area contributed by atoms with Gasteiger partial charge in [-0.05, 0) is 26.7 Å². The molecule has 0 rings (SSSR count). The zero-order valence-corrected chi connectivity index (χ0v) is 15.8. The van der Waals surface area contributed by atoms with Crippen molar-refractivity contribution >= 4 is 29.7 Å². The molecule has 0 aromatic rings. The van der Waals surface area contributed by atoms with E-state index in [0.717, 1.165) is 0 Å². The van der Waals surface area contributed by atoms with Gasteiger partial charge in [-0.3, -0.25) is 19.4 Å². The fourth-order valence-corrected chi connectivity index (χ4v) is 1.93. The lowest BCUT2D eigenvalue weighted by molar-refractivity contribution is -0.142. The van der Waals surface area contributed by atoms with Gasteiger partial charge >= 0.3 is 5.97 Å². The summed E-state index contributed by atoms with van der Waals surface area (Å²) in [6.45, 7) is 2.35. The van der Waals surface area contributed by atoms with Gasteiger partial charge in [0, 0.05) is 6.54 Å². The summed E-state index contributed by atoms with van der Waals surface area (Å²) in [7, 11) is 0. The Hall–Kier alpha value is -2.93.